The molecule has 2 unspecified atom stereocenters. The average Bonchev–Trinajstić information content (AvgIpc) is 2.78. The summed E-state index contributed by atoms with van der Waals surface area (Å²) in [6.45, 7) is 0. The van der Waals surface area contributed by atoms with Crippen molar-refractivity contribution in [3.8, 4) is 0 Å². The summed E-state index contributed by atoms with van der Waals surface area (Å²) in [5.74, 6) is 0. The van der Waals surface area contributed by atoms with E-state index in [0.29, 0.717) is 12.1 Å². The Morgan fingerprint density at radius 2 is 1.74 bits per heavy atom. The van der Waals surface area contributed by atoms with Crippen molar-refractivity contribution < 1.29 is 5.11 Å². The lowest BCUT2D eigenvalue weighted by molar-refractivity contribution is -0.0113. The number of piperidine rings is 1. The maximum absolute atomic E-state index is 11.0. The topological polar surface area (TPSA) is 58.0 Å². The van der Waals surface area contributed by atoms with Gasteiger partial charge in [-0.3, -0.25) is 9.97 Å². The van der Waals surface area contributed by atoms with E-state index in [9.17, 15) is 5.11 Å². The summed E-state index contributed by atoms with van der Waals surface area (Å²) >= 11 is 0. The van der Waals surface area contributed by atoms with Crippen LogP contribution in [0.15, 0.2) is 30.6 Å². The van der Waals surface area contributed by atoms with Gasteiger partial charge in [0.15, 0.2) is 0 Å². The normalized spacial score (nSPS) is 33.7. The van der Waals surface area contributed by atoms with Crippen LogP contribution in [0.25, 0.3) is 11.0 Å². The fourth-order valence-electron chi connectivity index (χ4n) is 3.61. The van der Waals surface area contributed by atoms with Crippen molar-refractivity contribution in [1.29, 1.82) is 0 Å². The quantitative estimate of drug-likeness (QED) is 0.815. The van der Waals surface area contributed by atoms with E-state index in [-0.39, 0.29) is 0 Å². The van der Waals surface area contributed by atoms with E-state index in [1.54, 1.807) is 12.4 Å². The molecule has 0 spiro atoms. The standard InChI is InChI=1S/C15H17N3O/c19-15(8-11-2-3-12(9-15)18-11)10-1-4-13-14(7-10)17-6-5-16-13/h1,4-7,11-12,18-19H,2-3,8-9H2. The van der Waals surface area contributed by atoms with E-state index in [0.717, 1.165) is 29.4 Å². The van der Waals surface area contributed by atoms with Crippen LogP contribution in [0, 0.1) is 0 Å². The Kier molecular flexibility index (Phi) is 2.37. The van der Waals surface area contributed by atoms with Gasteiger partial charge in [0.25, 0.3) is 0 Å². The summed E-state index contributed by atoms with van der Waals surface area (Å²) in [7, 11) is 0. The molecule has 98 valence electrons. The number of rotatable bonds is 1. The molecule has 2 fully saturated rings. The summed E-state index contributed by atoms with van der Waals surface area (Å²) in [5, 5.41) is 14.6. The lowest BCUT2D eigenvalue weighted by Crippen LogP contribution is -2.46. The highest BCUT2D eigenvalue weighted by atomic mass is 16.3. The molecule has 3 heterocycles. The third-order valence-corrected chi connectivity index (χ3v) is 4.51. The highest BCUT2D eigenvalue weighted by Gasteiger charge is 2.43. The van der Waals surface area contributed by atoms with Gasteiger partial charge in [-0.15, -0.1) is 0 Å². The van der Waals surface area contributed by atoms with Crippen LogP contribution in [0.1, 0.15) is 31.2 Å². The number of hydrogen-bond acceptors (Lipinski definition) is 4. The molecule has 2 bridgehead atoms. The van der Waals surface area contributed by atoms with Crippen molar-refractivity contribution in [3.05, 3.63) is 36.2 Å². The first kappa shape index (κ1) is 11.3. The summed E-state index contributed by atoms with van der Waals surface area (Å²) in [6.07, 6.45) is 7.36. The summed E-state index contributed by atoms with van der Waals surface area (Å²) in [4.78, 5) is 8.61. The van der Waals surface area contributed by atoms with E-state index in [1.807, 2.05) is 18.2 Å². The third-order valence-electron chi connectivity index (χ3n) is 4.51. The van der Waals surface area contributed by atoms with Crippen molar-refractivity contribution in [2.45, 2.75) is 43.4 Å². The van der Waals surface area contributed by atoms with Crippen LogP contribution in [-0.4, -0.2) is 27.2 Å². The van der Waals surface area contributed by atoms with Gasteiger partial charge in [0.05, 0.1) is 16.6 Å². The Morgan fingerprint density at radius 1 is 1.05 bits per heavy atom. The summed E-state index contributed by atoms with van der Waals surface area (Å²) in [5.41, 5.74) is 2.02. The molecule has 1 aromatic heterocycles. The Bertz CT molecular complexity index is 616. The first-order valence-corrected chi connectivity index (χ1v) is 6.93. The van der Waals surface area contributed by atoms with Crippen LogP contribution in [0.5, 0.6) is 0 Å². The molecule has 0 radical (unpaired) electrons. The Hall–Kier alpha value is -1.52. The Labute approximate surface area is 111 Å². The molecule has 0 saturated carbocycles. The van der Waals surface area contributed by atoms with Gasteiger partial charge in [0.2, 0.25) is 0 Å². The zero-order valence-corrected chi connectivity index (χ0v) is 10.7. The maximum atomic E-state index is 11.0. The number of nitrogens with zero attached hydrogens (tertiary/aromatic N) is 2. The molecular formula is C15H17N3O. The summed E-state index contributed by atoms with van der Waals surface area (Å²) < 4.78 is 0. The summed E-state index contributed by atoms with van der Waals surface area (Å²) in [6, 6.07) is 6.87. The first-order chi connectivity index (χ1) is 9.23. The molecule has 19 heavy (non-hydrogen) atoms. The molecule has 0 amide bonds. The van der Waals surface area contributed by atoms with E-state index < -0.39 is 5.60 Å². The largest absolute Gasteiger partial charge is 0.385 e. The minimum absolute atomic E-state index is 0.460. The molecule has 4 heteroatoms. The molecule has 2 saturated heterocycles. The van der Waals surface area contributed by atoms with E-state index in [4.69, 9.17) is 0 Å². The molecule has 2 aromatic rings. The predicted octanol–water partition coefficient (Wildman–Crippen LogP) is 1.73. The Balaban J connectivity index is 1.76. The molecule has 2 aliphatic rings. The van der Waals surface area contributed by atoms with Crippen molar-refractivity contribution in [3.63, 3.8) is 0 Å². The minimum Gasteiger partial charge on any atom is -0.385 e. The van der Waals surface area contributed by atoms with Crippen molar-refractivity contribution >= 4 is 11.0 Å². The minimum atomic E-state index is -0.706. The zero-order chi connectivity index (χ0) is 12.9. The first-order valence-electron chi connectivity index (χ1n) is 6.93. The molecule has 0 aliphatic carbocycles. The van der Waals surface area contributed by atoms with Gasteiger partial charge in [0, 0.05) is 24.5 Å². The SMILES string of the molecule is OC1(c2ccc3nccnc3c2)CC2CCC(C1)N2. The van der Waals surface area contributed by atoms with E-state index in [2.05, 4.69) is 15.3 Å². The molecular weight excluding hydrogens is 238 g/mol. The van der Waals surface area contributed by atoms with E-state index in [1.165, 1.54) is 12.8 Å². The van der Waals surface area contributed by atoms with Gasteiger partial charge in [-0.25, -0.2) is 0 Å². The van der Waals surface area contributed by atoms with Crippen molar-refractivity contribution in [2.75, 3.05) is 0 Å². The second-order valence-corrected chi connectivity index (χ2v) is 5.84. The van der Waals surface area contributed by atoms with Crippen LogP contribution in [0.4, 0.5) is 0 Å². The fraction of sp³-hybridized carbons (Fsp3) is 0.467. The second kappa shape index (κ2) is 3.99. The van der Waals surface area contributed by atoms with Crippen LogP contribution in [0.2, 0.25) is 0 Å². The predicted molar refractivity (Wildman–Crippen MR) is 72.6 cm³/mol. The van der Waals surface area contributed by atoms with Crippen LogP contribution in [0.3, 0.4) is 0 Å². The molecule has 1 aromatic carbocycles. The molecule has 4 rings (SSSR count). The average molecular weight is 255 g/mol. The third kappa shape index (κ3) is 1.83. The number of fused-ring (bicyclic) bond motifs is 3. The number of nitrogens with one attached hydrogen (secondary N) is 1. The maximum Gasteiger partial charge on any atom is 0.0927 e. The van der Waals surface area contributed by atoms with Crippen LogP contribution < -0.4 is 5.32 Å². The highest BCUT2D eigenvalue weighted by Crippen LogP contribution is 2.41. The Morgan fingerprint density at radius 3 is 2.47 bits per heavy atom. The molecule has 2 atom stereocenters. The second-order valence-electron chi connectivity index (χ2n) is 5.84. The van der Waals surface area contributed by atoms with Crippen LogP contribution in [-0.2, 0) is 5.60 Å². The van der Waals surface area contributed by atoms with Gasteiger partial charge >= 0.3 is 0 Å². The highest BCUT2D eigenvalue weighted by molar-refractivity contribution is 5.74. The van der Waals surface area contributed by atoms with Gasteiger partial charge in [-0.05, 0) is 43.4 Å². The molecule has 2 N–H and O–H groups in total. The fourth-order valence-corrected chi connectivity index (χ4v) is 3.61. The zero-order valence-electron chi connectivity index (χ0n) is 10.7. The lowest BCUT2D eigenvalue weighted by atomic mass is 9.81. The smallest absolute Gasteiger partial charge is 0.0927 e. The van der Waals surface area contributed by atoms with Gasteiger partial charge < -0.3 is 10.4 Å². The van der Waals surface area contributed by atoms with Crippen LogP contribution >= 0.6 is 0 Å². The monoisotopic (exact) mass is 255 g/mol. The molecule has 4 nitrogen and oxygen atoms in total. The number of aliphatic hydroxyl groups is 1. The van der Waals surface area contributed by atoms with Crippen molar-refractivity contribution in [2.24, 2.45) is 0 Å². The van der Waals surface area contributed by atoms with Gasteiger partial charge in [0.1, 0.15) is 0 Å². The number of benzene rings is 1. The van der Waals surface area contributed by atoms with Crippen molar-refractivity contribution in [1.82, 2.24) is 15.3 Å². The number of hydrogen-bond donors (Lipinski definition) is 2. The molecule has 2 aliphatic heterocycles. The van der Waals surface area contributed by atoms with Gasteiger partial charge in [-0.1, -0.05) is 6.07 Å². The lowest BCUT2D eigenvalue weighted by Gasteiger charge is -2.37. The van der Waals surface area contributed by atoms with E-state index >= 15 is 0 Å². The van der Waals surface area contributed by atoms with Gasteiger partial charge in [-0.2, -0.15) is 0 Å². The number of aromatic nitrogens is 2.